The first-order valence-corrected chi connectivity index (χ1v) is 6.38. The number of carboxylic acids is 1. The molecule has 0 radical (unpaired) electrons. The summed E-state index contributed by atoms with van der Waals surface area (Å²) in [4.78, 5) is 24.5. The fraction of sp³-hybridized carbons (Fsp3) is 0.467. The number of hydrogen-bond donors (Lipinski definition) is 1. The van der Waals surface area contributed by atoms with Gasteiger partial charge in [-0.15, -0.1) is 0 Å². The van der Waals surface area contributed by atoms with Crippen molar-refractivity contribution in [3.63, 3.8) is 0 Å². The van der Waals surface area contributed by atoms with E-state index in [0.717, 1.165) is 11.1 Å². The van der Waals surface area contributed by atoms with Gasteiger partial charge in [-0.25, -0.2) is 4.79 Å². The van der Waals surface area contributed by atoms with Crippen molar-refractivity contribution >= 4 is 11.9 Å². The Balaban J connectivity index is 3.01. The number of rotatable bonds is 5. The van der Waals surface area contributed by atoms with Crippen LogP contribution < -0.4 is 0 Å². The van der Waals surface area contributed by atoms with Gasteiger partial charge in [0.1, 0.15) is 6.04 Å². The zero-order valence-electron chi connectivity index (χ0n) is 11.9. The number of aryl methyl sites for hydroxylation is 1. The van der Waals surface area contributed by atoms with Crippen molar-refractivity contribution in [3.05, 3.63) is 35.4 Å². The van der Waals surface area contributed by atoms with Crippen molar-refractivity contribution < 1.29 is 14.7 Å². The van der Waals surface area contributed by atoms with E-state index >= 15 is 0 Å². The summed E-state index contributed by atoms with van der Waals surface area (Å²) < 4.78 is 0. The fourth-order valence-electron chi connectivity index (χ4n) is 2.19. The van der Waals surface area contributed by atoms with Crippen LogP contribution in [0.15, 0.2) is 24.3 Å². The lowest BCUT2D eigenvalue weighted by Crippen LogP contribution is -2.46. The van der Waals surface area contributed by atoms with E-state index in [-0.39, 0.29) is 11.8 Å². The fourth-order valence-corrected chi connectivity index (χ4v) is 2.19. The average molecular weight is 263 g/mol. The summed E-state index contributed by atoms with van der Waals surface area (Å²) >= 11 is 0. The normalized spacial score (nSPS) is 12.3. The van der Waals surface area contributed by atoms with Crippen molar-refractivity contribution in [1.29, 1.82) is 0 Å². The third-order valence-electron chi connectivity index (χ3n) is 3.06. The zero-order chi connectivity index (χ0) is 14.6. The maximum absolute atomic E-state index is 11.7. The van der Waals surface area contributed by atoms with Crippen LogP contribution in [0.2, 0.25) is 0 Å². The maximum atomic E-state index is 11.7. The van der Waals surface area contributed by atoms with Gasteiger partial charge in [-0.1, -0.05) is 43.7 Å². The molecule has 1 atom stereocenters. The van der Waals surface area contributed by atoms with Crippen LogP contribution in [0.1, 0.15) is 31.9 Å². The molecule has 19 heavy (non-hydrogen) atoms. The number of benzene rings is 1. The van der Waals surface area contributed by atoms with E-state index < -0.39 is 12.0 Å². The monoisotopic (exact) mass is 263 g/mol. The largest absolute Gasteiger partial charge is 0.480 e. The highest BCUT2D eigenvalue weighted by atomic mass is 16.4. The number of amides is 1. The third-order valence-corrected chi connectivity index (χ3v) is 3.06. The van der Waals surface area contributed by atoms with Crippen LogP contribution in [-0.2, 0) is 16.1 Å². The molecular weight excluding hydrogens is 242 g/mol. The average Bonchev–Trinajstić information content (AvgIpc) is 2.26. The molecule has 1 aromatic carbocycles. The molecule has 0 saturated carbocycles. The van der Waals surface area contributed by atoms with Crippen LogP contribution in [0.4, 0.5) is 0 Å². The molecule has 0 bridgehead atoms. The van der Waals surface area contributed by atoms with Crippen LogP contribution in [0.5, 0.6) is 0 Å². The van der Waals surface area contributed by atoms with Crippen LogP contribution in [0.3, 0.4) is 0 Å². The van der Waals surface area contributed by atoms with Gasteiger partial charge >= 0.3 is 5.97 Å². The summed E-state index contributed by atoms with van der Waals surface area (Å²) in [7, 11) is 0. The topological polar surface area (TPSA) is 57.6 Å². The molecule has 1 rings (SSSR count). The minimum Gasteiger partial charge on any atom is -0.480 e. The van der Waals surface area contributed by atoms with Gasteiger partial charge in [0.05, 0.1) is 0 Å². The SMILES string of the molecule is CC(=O)N(Cc1cccc(C)c1)C(C(=O)O)C(C)C. The Kier molecular flexibility index (Phi) is 5.10. The number of nitrogens with zero attached hydrogens (tertiary/aromatic N) is 1. The molecule has 104 valence electrons. The lowest BCUT2D eigenvalue weighted by molar-refractivity contribution is -0.152. The number of carbonyl (C=O) groups is 2. The van der Waals surface area contributed by atoms with Gasteiger partial charge in [-0.05, 0) is 18.4 Å². The summed E-state index contributed by atoms with van der Waals surface area (Å²) in [6.45, 7) is 7.33. The molecule has 0 saturated heterocycles. The molecule has 1 aromatic rings. The Labute approximate surface area is 114 Å². The Morgan fingerprint density at radius 2 is 1.95 bits per heavy atom. The molecule has 0 aliphatic rings. The molecule has 1 amide bonds. The molecule has 0 aliphatic heterocycles. The second-order valence-corrected chi connectivity index (χ2v) is 5.16. The first-order valence-electron chi connectivity index (χ1n) is 6.38. The van der Waals surface area contributed by atoms with Crippen LogP contribution in [0, 0.1) is 12.8 Å². The van der Waals surface area contributed by atoms with E-state index in [1.54, 1.807) is 0 Å². The quantitative estimate of drug-likeness (QED) is 0.887. The standard InChI is InChI=1S/C15H21NO3/c1-10(2)14(15(18)19)16(12(4)17)9-13-7-5-6-11(3)8-13/h5-8,10,14H,9H2,1-4H3,(H,18,19). The summed E-state index contributed by atoms with van der Waals surface area (Å²) in [6, 6.07) is 6.96. The summed E-state index contributed by atoms with van der Waals surface area (Å²) in [5.41, 5.74) is 2.04. The number of carbonyl (C=O) groups excluding carboxylic acids is 1. The number of aliphatic carboxylic acids is 1. The van der Waals surface area contributed by atoms with Crippen LogP contribution >= 0.6 is 0 Å². The smallest absolute Gasteiger partial charge is 0.326 e. The molecule has 0 heterocycles. The molecule has 0 spiro atoms. The molecule has 1 N–H and O–H groups in total. The molecule has 0 fully saturated rings. The minimum absolute atomic E-state index is 0.133. The molecular formula is C15H21NO3. The van der Waals surface area contributed by atoms with Crippen molar-refractivity contribution in [1.82, 2.24) is 4.90 Å². The lowest BCUT2D eigenvalue weighted by atomic mass is 10.0. The van der Waals surface area contributed by atoms with Crippen molar-refractivity contribution in [2.45, 2.75) is 40.3 Å². The Morgan fingerprint density at radius 1 is 1.32 bits per heavy atom. The van der Waals surface area contributed by atoms with Gasteiger partial charge in [0.15, 0.2) is 0 Å². The summed E-state index contributed by atoms with van der Waals surface area (Å²) in [5, 5.41) is 9.30. The molecule has 4 heteroatoms. The second kappa shape index (κ2) is 6.36. The van der Waals surface area contributed by atoms with E-state index in [9.17, 15) is 14.7 Å². The molecule has 0 aromatic heterocycles. The predicted octanol–water partition coefficient (Wildman–Crippen LogP) is 2.45. The molecule has 0 aliphatic carbocycles. The van der Waals surface area contributed by atoms with Gasteiger partial charge in [0.2, 0.25) is 5.91 Å². The van der Waals surface area contributed by atoms with Crippen LogP contribution in [0.25, 0.3) is 0 Å². The second-order valence-electron chi connectivity index (χ2n) is 5.16. The number of hydrogen-bond acceptors (Lipinski definition) is 2. The predicted molar refractivity (Wildman–Crippen MR) is 73.7 cm³/mol. The summed E-state index contributed by atoms with van der Waals surface area (Å²) in [6.07, 6.45) is 0. The lowest BCUT2D eigenvalue weighted by Gasteiger charge is -2.30. The van der Waals surface area contributed by atoms with Gasteiger partial charge in [0, 0.05) is 13.5 Å². The Morgan fingerprint density at radius 3 is 2.37 bits per heavy atom. The van der Waals surface area contributed by atoms with Crippen LogP contribution in [-0.4, -0.2) is 27.9 Å². The van der Waals surface area contributed by atoms with Crippen molar-refractivity contribution in [2.75, 3.05) is 0 Å². The van der Waals surface area contributed by atoms with E-state index in [4.69, 9.17) is 0 Å². The maximum Gasteiger partial charge on any atom is 0.326 e. The molecule has 4 nitrogen and oxygen atoms in total. The van der Waals surface area contributed by atoms with Crippen molar-refractivity contribution in [3.8, 4) is 0 Å². The first-order chi connectivity index (χ1) is 8.82. The van der Waals surface area contributed by atoms with E-state index in [1.807, 2.05) is 45.0 Å². The highest BCUT2D eigenvalue weighted by molar-refractivity contribution is 5.82. The Hall–Kier alpha value is -1.84. The minimum atomic E-state index is -0.960. The Bertz CT molecular complexity index is 468. The first kappa shape index (κ1) is 15.2. The summed E-state index contributed by atoms with van der Waals surface area (Å²) in [5.74, 6) is -1.31. The van der Waals surface area contributed by atoms with Crippen molar-refractivity contribution in [2.24, 2.45) is 5.92 Å². The number of carboxylic acid groups (broad SMARTS) is 1. The van der Waals surface area contributed by atoms with Gasteiger partial charge in [-0.3, -0.25) is 4.79 Å². The van der Waals surface area contributed by atoms with E-state index in [2.05, 4.69) is 0 Å². The highest BCUT2D eigenvalue weighted by Crippen LogP contribution is 2.16. The van der Waals surface area contributed by atoms with Gasteiger partial charge in [0.25, 0.3) is 0 Å². The highest BCUT2D eigenvalue weighted by Gasteiger charge is 2.30. The van der Waals surface area contributed by atoms with Gasteiger partial charge < -0.3 is 10.0 Å². The molecule has 1 unspecified atom stereocenters. The van der Waals surface area contributed by atoms with E-state index in [1.165, 1.54) is 11.8 Å². The zero-order valence-corrected chi connectivity index (χ0v) is 11.9. The van der Waals surface area contributed by atoms with E-state index in [0.29, 0.717) is 6.54 Å². The van der Waals surface area contributed by atoms with Gasteiger partial charge in [-0.2, -0.15) is 0 Å². The third kappa shape index (κ3) is 4.09.